The maximum absolute atomic E-state index is 11.8. The monoisotopic (exact) mass is 286 g/mol. The number of nitrogens with one attached hydrogen (secondary N) is 1. The van der Waals surface area contributed by atoms with E-state index in [1.807, 2.05) is 40.1 Å². The number of amides is 1. The summed E-state index contributed by atoms with van der Waals surface area (Å²) in [5.74, 6) is 0.463. The lowest BCUT2D eigenvalue weighted by molar-refractivity contribution is -0.118. The standard InChI is InChI=1S/C13H22N4O.ClH/c1-9(2)12(14)13(18)16-11-7-10(5-6-15-11)8-17(3)4;/h5-7,9,12H,8,14H2,1-4H3,(H,15,16,18);1H/t12-;/m0./s1. The topological polar surface area (TPSA) is 71.2 Å². The number of pyridine rings is 1. The van der Waals surface area contributed by atoms with Crippen LogP contribution in [-0.4, -0.2) is 35.9 Å². The SMILES string of the molecule is CC(C)[C@H](N)C(=O)Nc1cc(CN(C)C)ccn1.Cl. The first kappa shape index (κ1) is 17.8. The van der Waals surface area contributed by atoms with Crippen LogP contribution >= 0.6 is 12.4 Å². The van der Waals surface area contributed by atoms with Gasteiger partial charge in [-0.25, -0.2) is 4.98 Å². The summed E-state index contributed by atoms with van der Waals surface area (Å²) in [5, 5.41) is 2.74. The van der Waals surface area contributed by atoms with E-state index in [1.54, 1.807) is 6.20 Å². The van der Waals surface area contributed by atoms with Crippen molar-refractivity contribution in [3.05, 3.63) is 23.9 Å². The molecule has 1 aromatic heterocycles. The van der Waals surface area contributed by atoms with Crippen molar-refractivity contribution in [3.63, 3.8) is 0 Å². The average molecular weight is 287 g/mol. The smallest absolute Gasteiger partial charge is 0.242 e. The van der Waals surface area contributed by atoms with Gasteiger partial charge in [0.05, 0.1) is 6.04 Å². The lowest BCUT2D eigenvalue weighted by atomic mass is 10.1. The second kappa shape index (κ2) is 8.09. The summed E-state index contributed by atoms with van der Waals surface area (Å²) in [6.07, 6.45) is 1.69. The molecule has 0 fully saturated rings. The van der Waals surface area contributed by atoms with Crippen molar-refractivity contribution in [3.8, 4) is 0 Å². The van der Waals surface area contributed by atoms with Gasteiger partial charge in [-0.05, 0) is 37.7 Å². The van der Waals surface area contributed by atoms with Crippen molar-refractivity contribution in [2.45, 2.75) is 26.4 Å². The van der Waals surface area contributed by atoms with Crippen LogP contribution in [0.2, 0.25) is 0 Å². The summed E-state index contributed by atoms with van der Waals surface area (Å²) in [6.45, 7) is 4.64. The first-order valence-corrected chi connectivity index (χ1v) is 6.06. The molecule has 0 spiro atoms. The summed E-state index contributed by atoms with van der Waals surface area (Å²) in [7, 11) is 3.99. The molecule has 0 aliphatic rings. The normalized spacial score (nSPS) is 12.2. The van der Waals surface area contributed by atoms with Crippen molar-refractivity contribution in [1.29, 1.82) is 0 Å². The molecule has 0 aliphatic carbocycles. The maximum Gasteiger partial charge on any atom is 0.242 e. The van der Waals surface area contributed by atoms with Crippen LogP contribution in [0.4, 0.5) is 5.82 Å². The quantitative estimate of drug-likeness (QED) is 0.860. The molecule has 5 nitrogen and oxygen atoms in total. The Morgan fingerprint density at radius 3 is 2.63 bits per heavy atom. The van der Waals surface area contributed by atoms with Gasteiger partial charge in [0.2, 0.25) is 5.91 Å². The first-order chi connectivity index (χ1) is 8.40. The van der Waals surface area contributed by atoms with Crippen LogP contribution in [0.1, 0.15) is 19.4 Å². The summed E-state index contributed by atoms with van der Waals surface area (Å²) in [5.41, 5.74) is 6.88. The van der Waals surface area contributed by atoms with Crippen LogP contribution in [-0.2, 0) is 11.3 Å². The fourth-order valence-corrected chi connectivity index (χ4v) is 1.52. The van der Waals surface area contributed by atoms with Crippen molar-refractivity contribution in [1.82, 2.24) is 9.88 Å². The van der Waals surface area contributed by atoms with Gasteiger partial charge in [-0.1, -0.05) is 13.8 Å². The molecule has 19 heavy (non-hydrogen) atoms. The van der Waals surface area contributed by atoms with Gasteiger partial charge in [0.25, 0.3) is 0 Å². The molecular weight excluding hydrogens is 264 g/mol. The van der Waals surface area contributed by atoms with E-state index in [0.29, 0.717) is 5.82 Å². The van der Waals surface area contributed by atoms with Crippen LogP contribution in [0, 0.1) is 5.92 Å². The average Bonchev–Trinajstić information content (AvgIpc) is 2.27. The van der Waals surface area contributed by atoms with Gasteiger partial charge in [0.1, 0.15) is 5.82 Å². The van der Waals surface area contributed by atoms with Gasteiger partial charge in [-0.2, -0.15) is 0 Å². The van der Waals surface area contributed by atoms with Crippen LogP contribution in [0.5, 0.6) is 0 Å². The van der Waals surface area contributed by atoms with Gasteiger partial charge in [0.15, 0.2) is 0 Å². The van der Waals surface area contributed by atoms with Crippen molar-refractivity contribution in [2.75, 3.05) is 19.4 Å². The number of hydrogen-bond donors (Lipinski definition) is 2. The molecule has 1 atom stereocenters. The molecule has 108 valence electrons. The molecule has 1 aromatic rings. The fourth-order valence-electron chi connectivity index (χ4n) is 1.52. The minimum absolute atomic E-state index is 0. The Morgan fingerprint density at radius 2 is 2.11 bits per heavy atom. The van der Waals surface area contributed by atoms with Crippen LogP contribution in [0.15, 0.2) is 18.3 Å². The predicted octanol–water partition coefficient (Wildman–Crippen LogP) is 1.49. The highest BCUT2D eigenvalue weighted by Gasteiger charge is 2.17. The molecular formula is C13H23ClN4O. The fraction of sp³-hybridized carbons (Fsp3) is 0.538. The Hall–Kier alpha value is -1.17. The molecule has 0 unspecified atom stereocenters. The molecule has 0 bridgehead atoms. The van der Waals surface area contributed by atoms with Crippen LogP contribution in [0.25, 0.3) is 0 Å². The van der Waals surface area contributed by atoms with E-state index in [2.05, 4.69) is 15.2 Å². The number of nitrogens with zero attached hydrogens (tertiary/aromatic N) is 2. The number of hydrogen-bond acceptors (Lipinski definition) is 4. The van der Waals surface area contributed by atoms with Crippen molar-refractivity contribution in [2.24, 2.45) is 11.7 Å². The van der Waals surface area contributed by atoms with Crippen molar-refractivity contribution < 1.29 is 4.79 Å². The lowest BCUT2D eigenvalue weighted by Gasteiger charge is -2.15. The molecule has 6 heteroatoms. The number of halogens is 1. The van der Waals surface area contributed by atoms with E-state index in [-0.39, 0.29) is 24.2 Å². The van der Waals surface area contributed by atoms with Gasteiger partial charge in [0, 0.05) is 12.7 Å². The lowest BCUT2D eigenvalue weighted by Crippen LogP contribution is -2.39. The maximum atomic E-state index is 11.8. The van der Waals surface area contributed by atoms with Gasteiger partial charge < -0.3 is 16.0 Å². The number of carbonyl (C=O) groups excluding carboxylic acids is 1. The zero-order chi connectivity index (χ0) is 13.7. The highest BCUT2D eigenvalue weighted by molar-refractivity contribution is 5.94. The van der Waals surface area contributed by atoms with E-state index >= 15 is 0 Å². The number of nitrogens with two attached hydrogens (primary N) is 1. The second-order valence-corrected chi connectivity index (χ2v) is 5.05. The van der Waals surface area contributed by atoms with E-state index in [9.17, 15) is 4.79 Å². The third-order valence-electron chi connectivity index (χ3n) is 2.60. The van der Waals surface area contributed by atoms with Crippen LogP contribution in [0.3, 0.4) is 0 Å². The Morgan fingerprint density at radius 1 is 1.47 bits per heavy atom. The van der Waals surface area contributed by atoms with Gasteiger partial charge in [-0.3, -0.25) is 4.79 Å². The summed E-state index contributed by atoms with van der Waals surface area (Å²) < 4.78 is 0. The van der Waals surface area contributed by atoms with E-state index in [0.717, 1.165) is 12.1 Å². The molecule has 3 N–H and O–H groups in total. The molecule has 1 amide bonds. The molecule has 0 aliphatic heterocycles. The van der Waals surface area contributed by atoms with E-state index < -0.39 is 6.04 Å². The molecule has 0 radical (unpaired) electrons. The zero-order valence-corrected chi connectivity index (χ0v) is 12.7. The van der Waals surface area contributed by atoms with Crippen molar-refractivity contribution >= 4 is 24.1 Å². The number of rotatable bonds is 5. The second-order valence-electron chi connectivity index (χ2n) is 5.05. The summed E-state index contributed by atoms with van der Waals surface area (Å²) in [6, 6.07) is 3.28. The summed E-state index contributed by atoms with van der Waals surface area (Å²) in [4.78, 5) is 18.0. The molecule has 1 rings (SSSR count). The number of anilines is 1. The number of aromatic nitrogens is 1. The minimum atomic E-state index is -0.510. The van der Waals surface area contributed by atoms with E-state index in [4.69, 9.17) is 5.73 Å². The van der Waals surface area contributed by atoms with Crippen LogP contribution < -0.4 is 11.1 Å². The number of carbonyl (C=O) groups is 1. The highest BCUT2D eigenvalue weighted by atomic mass is 35.5. The Bertz CT molecular complexity index is 409. The zero-order valence-electron chi connectivity index (χ0n) is 11.9. The first-order valence-electron chi connectivity index (χ1n) is 6.06. The Balaban J connectivity index is 0.00000324. The Labute approximate surface area is 121 Å². The molecule has 0 aromatic carbocycles. The van der Waals surface area contributed by atoms with Gasteiger partial charge >= 0.3 is 0 Å². The van der Waals surface area contributed by atoms with E-state index in [1.165, 1.54) is 0 Å². The highest BCUT2D eigenvalue weighted by Crippen LogP contribution is 2.09. The molecule has 0 saturated carbocycles. The Kier molecular flexibility index (Phi) is 7.59. The van der Waals surface area contributed by atoms with Gasteiger partial charge in [-0.15, -0.1) is 12.4 Å². The largest absolute Gasteiger partial charge is 0.320 e. The third-order valence-corrected chi connectivity index (χ3v) is 2.60. The minimum Gasteiger partial charge on any atom is -0.320 e. The predicted molar refractivity (Wildman–Crippen MR) is 80.3 cm³/mol. The molecule has 1 heterocycles. The summed E-state index contributed by atoms with van der Waals surface area (Å²) >= 11 is 0. The molecule has 0 saturated heterocycles. The third kappa shape index (κ3) is 6.00.